The van der Waals surface area contributed by atoms with Gasteiger partial charge in [0.2, 0.25) is 0 Å². The van der Waals surface area contributed by atoms with E-state index >= 15 is 0 Å². The van der Waals surface area contributed by atoms with Crippen molar-refractivity contribution in [2.75, 3.05) is 37.7 Å². The fourth-order valence-corrected chi connectivity index (χ4v) is 6.19. The molecule has 2 aromatic heterocycles. The van der Waals surface area contributed by atoms with Gasteiger partial charge in [-0.05, 0) is 44.2 Å². The van der Waals surface area contributed by atoms with Crippen LogP contribution in [0.5, 0.6) is 5.75 Å². The number of nitrogens with zero attached hydrogens (tertiary/aromatic N) is 3. The number of aliphatic hydroxyl groups excluding tert-OH is 1. The molecule has 0 spiro atoms. The highest BCUT2D eigenvalue weighted by Gasteiger charge is 2.30. The Hall–Kier alpha value is -3.66. The lowest BCUT2D eigenvalue weighted by atomic mass is 10.0. The monoisotopic (exact) mass is 530 g/mol. The molecule has 0 radical (unpaired) electrons. The number of aliphatic hydroxyl groups is 1. The highest BCUT2D eigenvalue weighted by atomic mass is 32.1. The number of furan rings is 1. The number of benzene rings is 3. The van der Waals surface area contributed by atoms with Crippen molar-refractivity contribution in [2.24, 2.45) is 5.73 Å². The maximum atomic E-state index is 12.4. The van der Waals surface area contributed by atoms with Crippen LogP contribution in [-0.4, -0.2) is 65.8 Å². The molecule has 5 aromatic rings. The van der Waals surface area contributed by atoms with Gasteiger partial charge in [0.05, 0.1) is 26.5 Å². The summed E-state index contributed by atoms with van der Waals surface area (Å²) in [6.45, 7) is 6.87. The Bertz CT molecular complexity index is 1640. The van der Waals surface area contributed by atoms with E-state index in [0.717, 1.165) is 43.8 Å². The first-order chi connectivity index (χ1) is 18.4. The third kappa shape index (κ3) is 4.57. The number of rotatable bonds is 7. The second kappa shape index (κ2) is 9.90. The van der Waals surface area contributed by atoms with Crippen molar-refractivity contribution in [3.63, 3.8) is 0 Å². The summed E-state index contributed by atoms with van der Waals surface area (Å²) in [6.07, 6.45) is -0.642. The van der Waals surface area contributed by atoms with Crippen molar-refractivity contribution >= 4 is 55.1 Å². The fraction of sp³-hybridized carbons (Fsp3) is 0.310. The minimum Gasteiger partial charge on any atom is -0.491 e. The van der Waals surface area contributed by atoms with E-state index in [0.29, 0.717) is 36.5 Å². The van der Waals surface area contributed by atoms with Gasteiger partial charge in [0.1, 0.15) is 24.0 Å². The smallest absolute Gasteiger partial charge is 0.250 e. The number of nitrogens with two attached hydrogens (primary N) is 1. The molecule has 6 rings (SSSR count). The van der Waals surface area contributed by atoms with E-state index in [1.165, 1.54) is 0 Å². The number of aromatic nitrogens is 1. The van der Waals surface area contributed by atoms with Gasteiger partial charge in [0, 0.05) is 49.1 Å². The lowest BCUT2D eigenvalue weighted by molar-refractivity contribution is 0.0512. The number of carbonyl (C=O) groups excluding carboxylic acids is 1. The number of carbonyl (C=O) groups is 1. The highest BCUT2D eigenvalue weighted by Crippen LogP contribution is 2.38. The third-order valence-corrected chi connectivity index (χ3v) is 8.17. The Morgan fingerprint density at radius 1 is 1.21 bits per heavy atom. The predicted molar refractivity (Wildman–Crippen MR) is 151 cm³/mol. The molecular weight excluding hydrogens is 500 g/mol. The quantitative estimate of drug-likeness (QED) is 0.318. The van der Waals surface area contributed by atoms with E-state index in [1.54, 1.807) is 17.4 Å². The van der Waals surface area contributed by atoms with E-state index < -0.39 is 12.0 Å². The standard InChI is InChI=1S/C29H30N4O4S/c1-17-14-33(27-23(29(30)35)9-8-22-21-5-3-4-6-25(21)37-28(22)27)12-11-32(17)15-19(34)16-36-20-7-10-26-24(13-20)31-18(2)38-26/h3-10,13,17,19,34H,11-12,14-16H2,1-2H3,(H2,30,35)/t17-,19+/m0/s1. The van der Waals surface area contributed by atoms with Crippen molar-refractivity contribution in [3.05, 3.63) is 65.2 Å². The van der Waals surface area contributed by atoms with Crippen LogP contribution < -0.4 is 15.4 Å². The molecule has 1 saturated heterocycles. The fourth-order valence-electron chi connectivity index (χ4n) is 5.39. The summed E-state index contributed by atoms with van der Waals surface area (Å²) in [4.78, 5) is 21.3. The zero-order valence-electron chi connectivity index (χ0n) is 21.4. The molecular formula is C29H30N4O4S. The highest BCUT2D eigenvalue weighted by molar-refractivity contribution is 7.18. The number of primary amides is 1. The molecule has 1 fully saturated rings. The molecule has 0 aliphatic carbocycles. The van der Waals surface area contributed by atoms with Crippen molar-refractivity contribution in [1.29, 1.82) is 0 Å². The number of piperazine rings is 1. The van der Waals surface area contributed by atoms with Crippen LogP contribution in [0, 0.1) is 6.92 Å². The summed E-state index contributed by atoms with van der Waals surface area (Å²) >= 11 is 1.65. The Balaban J connectivity index is 1.15. The van der Waals surface area contributed by atoms with E-state index in [-0.39, 0.29) is 12.6 Å². The number of thiazole rings is 1. The number of fused-ring (bicyclic) bond motifs is 4. The molecule has 8 nitrogen and oxygen atoms in total. The van der Waals surface area contributed by atoms with E-state index in [2.05, 4.69) is 21.7 Å². The molecule has 3 N–H and O–H groups in total. The molecule has 0 bridgehead atoms. The van der Waals surface area contributed by atoms with Crippen molar-refractivity contribution in [1.82, 2.24) is 9.88 Å². The predicted octanol–water partition coefficient (Wildman–Crippen LogP) is 4.55. The van der Waals surface area contributed by atoms with Gasteiger partial charge in [-0.15, -0.1) is 11.3 Å². The largest absolute Gasteiger partial charge is 0.491 e. The van der Waals surface area contributed by atoms with Gasteiger partial charge >= 0.3 is 0 Å². The van der Waals surface area contributed by atoms with Gasteiger partial charge < -0.3 is 24.9 Å². The molecule has 0 unspecified atom stereocenters. The Kier molecular flexibility index (Phi) is 6.43. The number of anilines is 1. The molecule has 38 heavy (non-hydrogen) atoms. The SMILES string of the molecule is Cc1nc2cc(OC[C@H](O)CN3CCN(c4c(C(N)=O)ccc5c4oc4ccccc45)C[C@@H]3C)ccc2s1. The summed E-state index contributed by atoms with van der Waals surface area (Å²) in [6, 6.07) is 17.6. The number of hydrogen-bond donors (Lipinski definition) is 2. The number of β-amino-alcohol motifs (C(OH)–C–C–N with tert-alkyl or cyclic N) is 1. The van der Waals surface area contributed by atoms with Crippen molar-refractivity contribution < 1.29 is 19.1 Å². The number of ether oxygens (including phenoxy) is 1. The van der Waals surface area contributed by atoms with Gasteiger partial charge in [0.25, 0.3) is 5.91 Å². The topological polar surface area (TPSA) is 105 Å². The van der Waals surface area contributed by atoms with E-state index in [9.17, 15) is 9.90 Å². The average Bonchev–Trinajstić information content (AvgIpc) is 3.47. The summed E-state index contributed by atoms with van der Waals surface area (Å²) in [5, 5.41) is 13.7. The van der Waals surface area contributed by atoms with Crippen LogP contribution in [0.15, 0.2) is 59.0 Å². The molecule has 1 amide bonds. The third-order valence-electron chi connectivity index (χ3n) is 7.22. The first-order valence-electron chi connectivity index (χ1n) is 12.8. The maximum Gasteiger partial charge on any atom is 0.250 e. The second-order valence-corrected chi connectivity index (χ2v) is 11.2. The van der Waals surface area contributed by atoms with Crippen LogP contribution in [-0.2, 0) is 0 Å². The van der Waals surface area contributed by atoms with Gasteiger partial charge in [0.15, 0.2) is 5.58 Å². The zero-order valence-corrected chi connectivity index (χ0v) is 22.2. The molecule has 196 valence electrons. The molecule has 1 aliphatic heterocycles. The lowest BCUT2D eigenvalue weighted by Crippen LogP contribution is -2.54. The van der Waals surface area contributed by atoms with Crippen LogP contribution >= 0.6 is 11.3 Å². The van der Waals surface area contributed by atoms with Crippen molar-refractivity contribution in [3.8, 4) is 5.75 Å². The number of hydrogen-bond acceptors (Lipinski definition) is 8. The maximum absolute atomic E-state index is 12.4. The van der Waals surface area contributed by atoms with Gasteiger partial charge in [-0.3, -0.25) is 9.69 Å². The minimum absolute atomic E-state index is 0.132. The van der Waals surface area contributed by atoms with Crippen LogP contribution in [0.2, 0.25) is 0 Å². The minimum atomic E-state index is -0.642. The van der Waals surface area contributed by atoms with Crippen LogP contribution in [0.25, 0.3) is 32.2 Å². The Morgan fingerprint density at radius 3 is 2.87 bits per heavy atom. The summed E-state index contributed by atoms with van der Waals surface area (Å²) in [5.41, 5.74) is 9.36. The van der Waals surface area contributed by atoms with E-state index in [1.807, 2.05) is 55.5 Å². The van der Waals surface area contributed by atoms with Crippen LogP contribution in [0.1, 0.15) is 22.3 Å². The molecule has 9 heteroatoms. The number of aryl methyl sites for hydroxylation is 1. The molecule has 1 aliphatic rings. The average molecular weight is 531 g/mol. The second-order valence-electron chi connectivity index (χ2n) is 9.92. The lowest BCUT2D eigenvalue weighted by Gasteiger charge is -2.42. The normalized spacial score (nSPS) is 17.4. The Labute approximate surface area is 224 Å². The summed E-state index contributed by atoms with van der Waals surface area (Å²) in [5.74, 6) is 0.230. The molecule has 3 aromatic carbocycles. The molecule has 2 atom stereocenters. The Morgan fingerprint density at radius 2 is 2.05 bits per heavy atom. The first kappa shape index (κ1) is 24.7. The number of para-hydroxylation sites is 1. The van der Waals surface area contributed by atoms with Gasteiger partial charge in [-0.25, -0.2) is 4.98 Å². The van der Waals surface area contributed by atoms with Crippen LogP contribution in [0.3, 0.4) is 0 Å². The van der Waals surface area contributed by atoms with E-state index in [4.69, 9.17) is 14.9 Å². The summed E-state index contributed by atoms with van der Waals surface area (Å²) in [7, 11) is 0. The van der Waals surface area contributed by atoms with Crippen molar-refractivity contribution in [2.45, 2.75) is 26.0 Å². The first-order valence-corrected chi connectivity index (χ1v) is 13.6. The summed E-state index contributed by atoms with van der Waals surface area (Å²) < 4.78 is 13.2. The zero-order chi connectivity index (χ0) is 26.4. The molecule has 3 heterocycles. The number of amides is 1. The molecule has 0 saturated carbocycles. The van der Waals surface area contributed by atoms with Crippen LogP contribution in [0.4, 0.5) is 5.69 Å². The van der Waals surface area contributed by atoms with Gasteiger partial charge in [-0.2, -0.15) is 0 Å². The van der Waals surface area contributed by atoms with Gasteiger partial charge in [-0.1, -0.05) is 18.2 Å².